The first-order chi connectivity index (χ1) is 5.81. The van der Waals surface area contributed by atoms with Gasteiger partial charge < -0.3 is 4.40 Å². The van der Waals surface area contributed by atoms with E-state index < -0.39 is 0 Å². The normalized spacial score (nSPS) is 10.8. The van der Waals surface area contributed by atoms with Gasteiger partial charge in [-0.1, -0.05) is 18.5 Å². The number of fused-ring (bicyclic) bond motifs is 1. The quantitative estimate of drug-likeness (QED) is 0.660. The van der Waals surface area contributed by atoms with Crippen molar-refractivity contribution in [1.29, 1.82) is 0 Å². The van der Waals surface area contributed by atoms with E-state index in [0.717, 1.165) is 17.8 Å². The van der Waals surface area contributed by atoms with Crippen LogP contribution in [-0.4, -0.2) is 9.38 Å². The highest BCUT2D eigenvalue weighted by Crippen LogP contribution is 2.15. The van der Waals surface area contributed by atoms with Crippen LogP contribution >= 0.6 is 11.6 Å². The van der Waals surface area contributed by atoms with Crippen molar-refractivity contribution in [2.45, 2.75) is 13.3 Å². The minimum absolute atomic E-state index is 0.706. The molecule has 0 aliphatic heterocycles. The van der Waals surface area contributed by atoms with Crippen molar-refractivity contribution in [3.8, 4) is 0 Å². The van der Waals surface area contributed by atoms with Crippen LogP contribution in [0.25, 0.3) is 5.65 Å². The van der Waals surface area contributed by atoms with Gasteiger partial charge in [0.2, 0.25) is 0 Å². The van der Waals surface area contributed by atoms with E-state index >= 15 is 0 Å². The van der Waals surface area contributed by atoms with Gasteiger partial charge in [-0.25, -0.2) is 4.98 Å². The van der Waals surface area contributed by atoms with Crippen LogP contribution in [-0.2, 0) is 6.42 Å². The zero-order valence-corrected chi connectivity index (χ0v) is 7.54. The molecule has 0 aliphatic rings. The van der Waals surface area contributed by atoms with Crippen molar-refractivity contribution < 1.29 is 0 Å². The Morgan fingerprint density at radius 2 is 2.42 bits per heavy atom. The summed E-state index contributed by atoms with van der Waals surface area (Å²) in [7, 11) is 0. The molecule has 2 aromatic rings. The van der Waals surface area contributed by atoms with Gasteiger partial charge in [-0.3, -0.25) is 0 Å². The lowest BCUT2D eigenvalue weighted by molar-refractivity contribution is 1.07. The van der Waals surface area contributed by atoms with Crippen LogP contribution in [0.1, 0.15) is 12.6 Å². The van der Waals surface area contributed by atoms with Crippen molar-refractivity contribution in [3.63, 3.8) is 0 Å². The number of pyridine rings is 1. The standard InChI is InChI=1S/C9H9ClN2/c1-2-7-6-12-5-3-4-8(10)9(12)11-7/h3-6H,2H2,1H3. The topological polar surface area (TPSA) is 17.3 Å². The van der Waals surface area contributed by atoms with Crippen LogP contribution in [0.4, 0.5) is 0 Å². The molecule has 12 heavy (non-hydrogen) atoms. The number of nitrogens with zero attached hydrogens (tertiary/aromatic N) is 2. The molecular weight excluding hydrogens is 172 g/mol. The van der Waals surface area contributed by atoms with Gasteiger partial charge in [-0.2, -0.15) is 0 Å². The largest absolute Gasteiger partial charge is 0.306 e. The number of aryl methyl sites for hydroxylation is 1. The number of imidazole rings is 1. The van der Waals surface area contributed by atoms with Gasteiger partial charge in [0.05, 0.1) is 10.7 Å². The summed E-state index contributed by atoms with van der Waals surface area (Å²) in [5.74, 6) is 0. The van der Waals surface area contributed by atoms with Crippen LogP contribution in [0.15, 0.2) is 24.5 Å². The molecule has 0 aromatic carbocycles. The van der Waals surface area contributed by atoms with Crippen molar-refractivity contribution in [3.05, 3.63) is 35.2 Å². The van der Waals surface area contributed by atoms with Crippen molar-refractivity contribution in [2.24, 2.45) is 0 Å². The third kappa shape index (κ3) is 1.08. The molecule has 62 valence electrons. The highest BCUT2D eigenvalue weighted by molar-refractivity contribution is 6.33. The molecular formula is C9H9ClN2. The fourth-order valence-electron chi connectivity index (χ4n) is 1.20. The van der Waals surface area contributed by atoms with Crippen molar-refractivity contribution in [2.75, 3.05) is 0 Å². The number of aromatic nitrogens is 2. The first kappa shape index (κ1) is 7.62. The van der Waals surface area contributed by atoms with E-state index in [1.165, 1.54) is 0 Å². The van der Waals surface area contributed by atoms with E-state index in [2.05, 4.69) is 11.9 Å². The summed E-state index contributed by atoms with van der Waals surface area (Å²) in [6.07, 6.45) is 4.90. The van der Waals surface area contributed by atoms with Crippen LogP contribution in [0.3, 0.4) is 0 Å². The smallest absolute Gasteiger partial charge is 0.155 e. The summed E-state index contributed by atoms with van der Waals surface area (Å²) in [6, 6.07) is 3.76. The average Bonchev–Trinajstić information content (AvgIpc) is 2.49. The fourth-order valence-corrected chi connectivity index (χ4v) is 1.41. The second kappa shape index (κ2) is 2.79. The predicted molar refractivity (Wildman–Crippen MR) is 49.6 cm³/mol. The fraction of sp³-hybridized carbons (Fsp3) is 0.222. The van der Waals surface area contributed by atoms with Gasteiger partial charge >= 0.3 is 0 Å². The molecule has 0 fully saturated rings. The van der Waals surface area contributed by atoms with Crippen molar-refractivity contribution >= 4 is 17.2 Å². The predicted octanol–water partition coefficient (Wildman–Crippen LogP) is 2.55. The molecule has 0 atom stereocenters. The lowest BCUT2D eigenvalue weighted by Crippen LogP contribution is -1.80. The van der Waals surface area contributed by atoms with Crippen LogP contribution in [0.5, 0.6) is 0 Å². The maximum absolute atomic E-state index is 5.94. The van der Waals surface area contributed by atoms with E-state index in [4.69, 9.17) is 11.6 Å². The minimum atomic E-state index is 0.706. The highest BCUT2D eigenvalue weighted by atomic mass is 35.5. The van der Waals surface area contributed by atoms with Gasteiger partial charge in [-0.15, -0.1) is 0 Å². The summed E-state index contributed by atoms with van der Waals surface area (Å²) in [5, 5.41) is 0.706. The Kier molecular flexibility index (Phi) is 1.77. The van der Waals surface area contributed by atoms with Gasteiger partial charge in [0, 0.05) is 12.4 Å². The third-order valence-corrected chi connectivity index (χ3v) is 2.14. The first-order valence-electron chi connectivity index (χ1n) is 3.93. The lowest BCUT2D eigenvalue weighted by Gasteiger charge is -1.92. The van der Waals surface area contributed by atoms with E-state index in [1.54, 1.807) is 0 Å². The minimum Gasteiger partial charge on any atom is -0.306 e. The maximum Gasteiger partial charge on any atom is 0.155 e. The summed E-state index contributed by atoms with van der Waals surface area (Å²) >= 11 is 5.94. The third-order valence-electron chi connectivity index (χ3n) is 1.85. The molecule has 0 aliphatic carbocycles. The number of hydrogen-bond acceptors (Lipinski definition) is 1. The van der Waals surface area contributed by atoms with Gasteiger partial charge in [0.1, 0.15) is 0 Å². The summed E-state index contributed by atoms with van der Waals surface area (Å²) in [6.45, 7) is 2.08. The Labute approximate surface area is 75.8 Å². The molecule has 0 radical (unpaired) electrons. The molecule has 0 bridgehead atoms. The molecule has 0 amide bonds. The maximum atomic E-state index is 5.94. The zero-order valence-electron chi connectivity index (χ0n) is 6.79. The Balaban J connectivity index is 2.74. The highest BCUT2D eigenvalue weighted by Gasteiger charge is 2.01. The van der Waals surface area contributed by atoms with Crippen LogP contribution in [0.2, 0.25) is 5.02 Å². The molecule has 0 spiro atoms. The van der Waals surface area contributed by atoms with E-state index in [-0.39, 0.29) is 0 Å². The van der Waals surface area contributed by atoms with Crippen LogP contribution in [0, 0.1) is 0 Å². The molecule has 0 unspecified atom stereocenters. The molecule has 0 N–H and O–H groups in total. The van der Waals surface area contributed by atoms with Crippen molar-refractivity contribution in [1.82, 2.24) is 9.38 Å². The van der Waals surface area contributed by atoms with E-state index in [1.807, 2.05) is 28.9 Å². The summed E-state index contributed by atoms with van der Waals surface area (Å²) in [5.41, 5.74) is 1.92. The summed E-state index contributed by atoms with van der Waals surface area (Å²) < 4.78 is 1.95. The van der Waals surface area contributed by atoms with Gasteiger partial charge in [-0.05, 0) is 18.6 Å². The number of hydrogen-bond donors (Lipinski definition) is 0. The molecule has 2 rings (SSSR count). The molecule has 3 heteroatoms. The molecule has 0 saturated heterocycles. The van der Waals surface area contributed by atoms with Gasteiger partial charge in [0.25, 0.3) is 0 Å². The molecule has 2 heterocycles. The molecule has 2 aromatic heterocycles. The monoisotopic (exact) mass is 180 g/mol. The van der Waals surface area contributed by atoms with E-state index in [0.29, 0.717) is 5.02 Å². The lowest BCUT2D eigenvalue weighted by atomic mass is 10.4. The summed E-state index contributed by atoms with van der Waals surface area (Å²) in [4.78, 5) is 4.36. The zero-order chi connectivity index (χ0) is 8.55. The average molecular weight is 181 g/mol. The number of halogens is 1. The Hall–Kier alpha value is -1.02. The van der Waals surface area contributed by atoms with Gasteiger partial charge in [0.15, 0.2) is 5.65 Å². The molecule has 2 nitrogen and oxygen atoms in total. The SMILES string of the molecule is CCc1cn2cccc(Cl)c2n1. The molecule has 0 saturated carbocycles. The second-order valence-electron chi connectivity index (χ2n) is 2.67. The van der Waals surface area contributed by atoms with Crippen LogP contribution < -0.4 is 0 Å². The number of rotatable bonds is 1. The second-order valence-corrected chi connectivity index (χ2v) is 3.08. The Morgan fingerprint density at radius 1 is 1.58 bits per heavy atom. The Bertz CT molecular complexity index is 406. The van der Waals surface area contributed by atoms with E-state index in [9.17, 15) is 0 Å². The Morgan fingerprint density at radius 3 is 3.08 bits per heavy atom. The first-order valence-corrected chi connectivity index (χ1v) is 4.31.